The number of hydrogen-bond donors (Lipinski definition) is 1. The lowest BCUT2D eigenvalue weighted by atomic mass is 10.1. The zero-order valence-corrected chi connectivity index (χ0v) is 9.55. The molecule has 1 aliphatic rings. The van der Waals surface area contributed by atoms with Crippen LogP contribution in [0.2, 0.25) is 10.0 Å². The van der Waals surface area contributed by atoms with Gasteiger partial charge in [0, 0.05) is 22.0 Å². The molecule has 0 fully saturated rings. The third kappa shape index (κ3) is 2.12. The fourth-order valence-electron chi connectivity index (χ4n) is 1.60. The van der Waals surface area contributed by atoms with Gasteiger partial charge in [0.15, 0.2) is 0 Å². The summed E-state index contributed by atoms with van der Waals surface area (Å²) in [5.41, 5.74) is 6.77. The van der Waals surface area contributed by atoms with Crippen molar-refractivity contribution in [1.29, 1.82) is 0 Å². The summed E-state index contributed by atoms with van der Waals surface area (Å²) in [6, 6.07) is 4.98. The van der Waals surface area contributed by atoms with E-state index in [4.69, 9.17) is 33.7 Å². The Morgan fingerprint density at radius 2 is 1.93 bits per heavy atom. The van der Waals surface area contributed by atoms with Crippen molar-refractivity contribution in [1.82, 2.24) is 0 Å². The third-order valence-corrected chi connectivity index (χ3v) is 3.01. The number of nitrogens with two attached hydrogens (primary N) is 1. The first-order valence-electron chi connectivity index (χ1n) is 4.72. The van der Waals surface area contributed by atoms with Gasteiger partial charge in [-0.1, -0.05) is 29.3 Å². The highest BCUT2D eigenvalue weighted by atomic mass is 35.5. The zero-order valence-electron chi connectivity index (χ0n) is 8.04. The van der Waals surface area contributed by atoms with E-state index in [2.05, 4.69) is 0 Å². The fraction of sp³-hybridized carbons (Fsp3) is 0.273. The fourth-order valence-corrected chi connectivity index (χ4v) is 2.24. The van der Waals surface area contributed by atoms with Crippen LogP contribution in [0.1, 0.15) is 18.0 Å². The summed E-state index contributed by atoms with van der Waals surface area (Å²) >= 11 is 12.1. The normalized spacial score (nSPS) is 17.1. The molecule has 1 aliphatic heterocycles. The van der Waals surface area contributed by atoms with Gasteiger partial charge in [-0.3, -0.25) is 0 Å². The first-order valence-corrected chi connectivity index (χ1v) is 5.48. The lowest BCUT2D eigenvalue weighted by Gasteiger charge is -2.16. The van der Waals surface area contributed by atoms with Gasteiger partial charge in [-0.15, -0.1) is 0 Å². The highest BCUT2D eigenvalue weighted by Crippen LogP contribution is 2.34. The lowest BCUT2D eigenvalue weighted by Crippen LogP contribution is -2.14. The molecule has 1 unspecified atom stereocenters. The Labute approximate surface area is 98.6 Å². The van der Waals surface area contributed by atoms with Crippen LogP contribution in [0.3, 0.4) is 0 Å². The molecule has 0 saturated carbocycles. The molecule has 1 atom stereocenters. The number of rotatable bonds is 2. The van der Waals surface area contributed by atoms with Crippen LogP contribution in [-0.4, -0.2) is 6.61 Å². The van der Waals surface area contributed by atoms with E-state index in [0.29, 0.717) is 16.7 Å². The first-order chi connectivity index (χ1) is 7.20. The standard InChI is InChI=1S/C11H11Cl2NO/c12-7-3-1-4-8(13)10(7)11(14)9-5-2-6-15-9/h1,3-5,11H,2,6,14H2. The largest absolute Gasteiger partial charge is 0.496 e. The van der Waals surface area contributed by atoms with E-state index in [9.17, 15) is 0 Å². The van der Waals surface area contributed by atoms with Gasteiger partial charge >= 0.3 is 0 Å². The Kier molecular flexibility index (Phi) is 3.19. The van der Waals surface area contributed by atoms with Crippen LogP contribution >= 0.6 is 23.2 Å². The number of halogens is 2. The smallest absolute Gasteiger partial charge is 0.113 e. The van der Waals surface area contributed by atoms with Crippen molar-refractivity contribution < 1.29 is 4.74 Å². The molecule has 0 amide bonds. The van der Waals surface area contributed by atoms with Gasteiger partial charge in [0.05, 0.1) is 12.6 Å². The van der Waals surface area contributed by atoms with Gasteiger partial charge in [0.2, 0.25) is 0 Å². The first kappa shape index (κ1) is 10.8. The van der Waals surface area contributed by atoms with Crippen molar-refractivity contribution in [3.63, 3.8) is 0 Å². The van der Waals surface area contributed by atoms with Crippen LogP contribution < -0.4 is 5.73 Å². The van der Waals surface area contributed by atoms with E-state index in [0.717, 1.165) is 17.7 Å². The van der Waals surface area contributed by atoms with E-state index in [1.54, 1.807) is 18.2 Å². The topological polar surface area (TPSA) is 35.2 Å². The maximum atomic E-state index is 6.06. The molecule has 0 radical (unpaired) electrons. The summed E-state index contributed by atoms with van der Waals surface area (Å²) in [6.07, 6.45) is 2.87. The summed E-state index contributed by atoms with van der Waals surface area (Å²) in [5.74, 6) is 0.755. The number of benzene rings is 1. The Hall–Kier alpha value is -0.700. The van der Waals surface area contributed by atoms with Gasteiger partial charge in [0.25, 0.3) is 0 Å². The second-order valence-corrected chi connectivity index (χ2v) is 4.17. The molecule has 0 saturated heterocycles. The lowest BCUT2D eigenvalue weighted by molar-refractivity contribution is 0.225. The highest BCUT2D eigenvalue weighted by molar-refractivity contribution is 6.36. The van der Waals surface area contributed by atoms with Gasteiger partial charge in [-0.05, 0) is 18.2 Å². The SMILES string of the molecule is NC(C1=CCCO1)c1c(Cl)cccc1Cl. The molecule has 1 heterocycles. The van der Waals surface area contributed by atoms with Crippen molar-refractivity contribution in [2.24, 2.45) is 5.73 Å². The van der Waals surface area contributed by atoms with Gasteiger partial charge in [-0.25, -0.2) is 0 Å². The molecule has 0 bridgehead atoms. The molecular weight excluding hydrogens is 233 g/mol. The van der Waals surface area contributed by atoms with E-state index >= 15 is 0 Å². The average Bonchev–Trinajstić information content (AvgIpc) is 2.69. The molecule has 4 heteroatoms. The molecular formula is C11H11Cl2NO. The zero-order chi connectivity index (χ0) is 10.8. The predicted molar refractivity (Wildman–Crippen MR) is 62.0 cm³/mol. The maximum absolute atomic E-state index is 6.06. The molecule has 2 rings (SSSR count). The Morgan fingerprint density at radius 1 is 1.27 bits per heavy atom. The molecule has 80 valence electrons. The average molecular weight is 244 g/mol. The van der Waals surface area contributed by atoms with Crippen molar-refractivity contribution in [2.45, 2.75) is 12.5 Å². The van der Waals surface area contributed by atoms with Gasteiger partial charge in [0.1, 0.15) is 5.76 Å². The number of hydrogen-bond acceptors (Lipinski definition) is 2. The van der Waals surface area contributed by atoms with Crippen LogP contribution in [0.4, 0.5) is 0 Å². The molecule has 0 aromatic heterocycles. The molecule has 0 aliphatic carbocycles. The quantitative estimate of drug-likeness (QED) is 0.866. The molecule has 1 aromatic carbocycles. The van der Waals surface area contributed by atoms with Gasteiger partial charge < -0.3 is 10.5 Å². The van der Waals surface area contributed by atoms with E-state index < -0.39 is 0 Å². The Morgan fingerprint density at radius 3 is 2.47 bits per heavy atom. The van der Waals surface area contributed by atoms with Crippen LogP contribution in [0.15, 0.2) is 30.0 Å². The molecule has 0 spiro atoms. The third-order valence-electron chi connectivity index (χ3n) is 2.35. The molecule has 1 aromatic rings. The van der Waals surface area contributed by atoms with Crippen molar-refractivity contribution in [3.8, 4) is 0 Å². The molecule has 15 heavy (non-hydrogen) atoms. The van der Waals surface area contributed by atoms with Crippen molar-refractivity contribution in [2.75, 3.05) is 6.61 Å². The van der Waals surface area contributed by atoms with Crippen LogP contribution in [0.5, 0.6) is 0 Å². The van der Waals surface area contributed by atoms with Gasteiger partial charge in [-0.2, -0.15) is 0 Å². The Balaban J connectivity index is 2.36. The maximum Gasteiger partial charge on any atom is 0.113 e. The van der Waals surface area contributed by atoms with E-state index in [1.165, 1.54) is 0 Å². The van der Waals surface area contributed by atoms with Crippen molar-refractivity contribution in [3.05, 3.63) is 45.6 Å². The van der Waals surface area contributed by atoms with E-state index in [-0.39, 0.29) is 6.04 Å². The molecule has 2 nitrogen and oxygen atoms in total. The van der Waals surface area contributed by atoms with Crippen LogP contribution in [-0.2, 0) is 4.74 Å². The molecule has 2 N–H and O–H groups in total. The minimum atomic E-state index is -0.367. The van der Waals surface area contributed by atoms with Crippen LogP contribution in [0.25, 0.3) is 0 Å². The predicted octanol–water partition coefficient (Wildman–Crippen LogP) is 3.30. The monoisotopic (exact) mass is 243 g/mol. The van der Waals surface area contributed by atoms with Crippen molar-refractivity contribution >= 4 is 23.2 Å². The minimum Gasteiger partial charge on any atom is -0.496 e. The summed E-state index contributed by atoms with van der Waals surface area (Å²) < 4.78 is 5.40. The second-order valence-electron chi connectivity index (χ2n) is 3.36. The van der Waals surface area contributed by atoms with Crippen LogP contribution in [0, 0.1) is 0 Å². The minimum absolute atomic E-state index is 0.367. The summed E-state index contributed by atoms with van der Waals surface area (Å²) in [5, 5.41) is 1.15. The summed E-state index contributed by atoms with van der Waals surface area (Å²) in [4.78, 5) is 0. The number of ether oxygens (including phenoxy) is 1. The second kappa shape index (κ2) is 4.44. The van der Waals surface area contributed by atoms with E-state index in [1.807, 2.05) is 6.08 Å². The summed E-state index contributed by atoms with van der Waals surface area (Å²) in [6.45, 7) is 0.686. The Bertz CT molecular complexity index is 383. The summed E-state index contributed by atoms with van der Waals surface area (Å²) in [7, 11) is 0. The highest BCUT2D eigenvalue weighted by Gasteiger charge is 2.21.